The van der Waals surface area contributed by atoms with Gasteiger partial charge >= 0.3 is 11.6 Å². The van der Waals surface area contributed by atoms with Crippen LogP contribution in [0.5, 0.6) is 0 Å². The first kappa shape index (κ1) is 18.1. The number of carbonyl (C=O) groups is 1. The smallest absolute Gasteiger partial charge is 0.356 e. The number of pyridine rings is 1. The van der Waals surface area contributed by atoms with Crippen LogP contribution in [0, 0.1) is 0 Å². The first-order chi connectivity index (χ1) is 14.7. The summed E-state index contributed by atoms with van der Waals surface area (Å²) < 4.78 is 10.7. The van der Waals surface area contributed by atoms with Crippen molar-refractivity contribution in [2.45, 2.75) is 6.92 Å². The number of fused-ring (bicyclic) bond motifs is 4. The van der Waals surface area contributed by atoms with Crippen molar-refractivity contribution in [3.05, 3.63) is 88.9 Å². The van der Waals surface area contributed by atoms with Gasteiger partial charge < -0.3 is 9.15 Å². The highest BCUT2D eigenvalue weighted by Gasteiger charge is 2.19. The monoisotopic (exact) mass is 395 g/mol. The van der Waals surface area contributed by atoms with Gasteiger partial charge in [0.15, 0.2) is 0 Å². The van der Waals surface area contributed by atoms with Gasteiger partial charge in [-0.05, 0) is 47.5 Å². The van der Waals surface area contributed by atoms with Crippen molar-refractivity contribution < 1.29 is 13.9 Å². The Kier molecular flexibility index (Phi) is 4.29. The number of carbonyl (C=O) groups excluding carboxylic acids is 1. The lowest BCUT2D eigenvalue weighted by Crippen LogP contribution is -2.10. The SMILES string of the molecule is CCOC(=O)c1cc(-c2ccc3ccccc3c2)c2c(=O)oc3ccccc3c2n1. The summed E-state index contributed by atoms with van der Waals surface area (Å²) in [6.45, 7) is 1.98. The van der Waals surface area contributed by atoms with Gasteiger partial charge in [-0.3, -0.25) is 0 Å². The Morgan fingerprint density at radius 1 is 0.967 bits per heavy atom. The second kappa shape index (κ2) is 7.12. The minimum absolute atomic E-state index is 0.156. The highest BCUT2D eigenvalue weighted by molar-refractivity contribution is 6.09. The van der Waals surface area contributed by atoms with Crippen LogP contribution in [0.1, 0.15) is 17.4 Å². The number of ether oxygens (including phenoxy) is 1. The Balaban J connectivity index is 1.90. The Bertz CT molecular complexity index is 1500. The zero-order valence-corrected chi connectivity index (χ0v) is 16.2. The molecule has 0 amide bonds. The van der Waals surface area contributed by atoms with E-state index < -0.39 is 11.6 Å². The molecule has 5 heteroatoms. The maximum Gasteiger partial charge on any atom is 0.356 e. The molecule has 146 valence electrons. The highest BCUT2D eigenvalue weighted by Crippen LogP contribution is 2.32. The predicted molar refractivity (Wildman–Crippen MR) is 117 cm³/mol. The minimum atomic E-state index is -0.529. The van der Waals surface area contributed by atoms with E-state index in [1.165, 1.54) is 0 Å². The van der Waals surface area contributed by atoms with Crippen LogP contribution in [0.4, 0.5) is 0 Å². The molecule has 0 bridgehead atoms. The minimum Gasteiger partial charge on any atom is -0.461 e. The third-order valence-electron chi connectivity index (χ3n) is 5.11. The summed E-state index contributed by atoms with van der Waals surface area (Å²) in [7, 11) is 0. The molecule has 2 aromatic heterocycles. The van der Waals surface area contributed by atoms with Crippen LogP contribution in [0.3, 0.4) is 0 Å². The standard InChI is InChI=1S/C25H17NO4/c1-2-29-24(27)20-14-19(17-12-11-15-7-3-4-8-16(15)13-17)22-23(26-20)18-9-5-6-10-21(18)30-25(22)28/h3-14H,2H2,1H3. The first-order valence-electron chi connectivity index (χ1n) is 9.68. The van der Waals surface area contributed by atoms with E-state index in [2.05, 4.69) is 4.98 Å². The van der Waals surface area contributed by atoms with E-state index in [0.717, 1.165) is 16.3 Å². The van der Waals surface area contributed by atoms with E-state index in [9.17, 15) is 9.59 Å². The molecule has 0 saturated carbocycles. The van der Waals surface area contributed by atoms with Gasteiger partial charge in [0.25, 0.3) is 0 Å². The average Bonchev–Trinajstić information content (AvgIpc) is 2.78. The number of hydrogen-bond donors (Lipinski definition) is 0. The van der Waals surface area contributed by atoms with E-state index in [1.54, 1.807) is 25.1 Å². The van der Waals surface area contributed by atoms with Crippen LogP contribution in [0.25, 0.3) is 43.8 Å². The quantitative estimate of drug-likeness (QED) is 0.234. The van der Waals surface area contributed by atoms with Crippen molar-refractivity contribution in [1.29, 1.82) is 0 Å². The number of hydrogen-bond acceptors (Lipinski definition) is 5. The van der Waals surface area contributed by atoms with E-state index in [0.29, 0.717) is 27.4 Å². The molecule has 0 spiro atoms. The molecule has 3 aromatic carbocycles. The molecule has 5 nitrogen and oxygen atoms in total. The van der Waals surface area contributed by atoms with E-state index >= 15 is 0 Å². The van der Waals surface area contributed by atoms with Gasteiger partial charge in [-0.15, -0.1) is 0 Å². The topological polar surface area (TPSA) is 69.4 Å². The van der Waals surface area contributed by atoms with E-state index in [4.69, 9.17) is 9.15 Å². The lowest BCUT2D eigenvalue weighted by Gasteiger charge is -2.11. The largest absolute Gasteiger partial charge is 0.461 e. The second-order valence-corrected chi connectivity index (χ2v) is 6.95. The maximum absolute atomic E-state index is 12.9. The molecule has 0 fully saturated rings. The van der Waals surface area contributed by atoms with Crippen LogP contribution >= 0.6 is 0 Å². The predicted octanol–water partition coefficient (Wildman–Crippen LogP) is 5.34. The molecular weight excluding hydrogens is 378 g/mol. The molecular formula is C25H17NO4. The number of benzene rings is 3. The Labute approximate surface area is 171 Å². The normalized spacial score (nSPS) is 11.2. The Morgan fingerprint density at radius 3 is 2.57 bits per heavy atom. The lowest BCUT2D eigenvalue weighted by atomic mass is 9.97. The van der Waals surface area contributed by atoms with Crippen molar-refractivity contribution in [2.24, 2.45) is 0 Å². The van der Waals surface area contributed by atoms with Crippen molar-refractivity contribution >= 4 is 38.6 Å². The summed E-state index contributed by atoms with van der Waals surface area (Å²) in [6.07, 6.45) is 0. The van der Waals surface area contributed by atoms with Gasteiger partial charge in [0.2, 0.25) is 0 Å². The molecule has 0 aliphatic heterocycles. The number of para-hydroxylation sites is 1. The third-order valence-corrected chi connectivity index (χ3v) is 5.11. The van der Waals surface area contributed by atoms with E-state index in [1.807, 2.05) is 54.6 Å². The highest BCUT2D eigenvalue weighted by atomic mass is 16.5. The molecule has 0 atom stereocenters. The van der Waals surface area contributed by atoms with Crippen LogP contribution in [-0.2, 0) is 4.74 Å². The summed E-state index contributed by atoms with van der Waals surface area (Å²) in [5, 5.41) is 3.13. The number of aromatic nitrogens is 1. The van der Waals surface area contributed by atoms with Crippen LogP contribution in [-0.4, -0.2) is 17.6 Å². The van der Waals surface area contributed by atoms with Crippen LogP contribution < -0.4 is 5.63 Å². The first-order valence-corrected chi connectivity index (χ1v) is 9.68. The molecule has 0 unspecified atom stereocenters. The van der Waals surface area contributed by atoms with E-state index in [-0.39, 0.29) is 12.3 Å². The fourth-order valence-electron chi connectivity index (χ4n) is 3.74. The summed E-state index contributed by atoms with van der Waals surface area (Å²) in [5.74, 6) is -0.529. The average molecular weight is 395 g/mol. The second-order valence-electron chi connectivity index (χ2n) is 6.95. The Hall–Kier alpha value is -3.99. The zero-order valence-electron chi connectivity index (χ0n) is 16.2. The summed E-state index contributed by atoms with van der Waals surface area (Å²) in [5.41, 5.74) is 1.91. The van der Waals surface area contributed by atoms with Crippen LogP contribution in [0.2, 0.25) is 0 Å². The summed E-state index contributed by atoms with van der Waals surface area (Å²) in [4.78, 5) is 30.0. The number of rotatable bonds is 3. The third kappa shape index (κ3) is 2.92. The van der Waals surface area contributed by atoms with Crippen molar-refractivity contribution in [1.82, 2.24) is 4.98 Å². The van der Waals surface area contributed by atoms with Crippen molar-refractivity contribution in [3.8, 4) is 11.1 Å². The molecule has 5 aromatic rings. The number of nitrogens with zero attached hydrogens (tertiary/aromatic N) is 1. The molecule has 0 radical (unpaired) electrons. The fraction of sp³-hybridized carbons (Fsp3) is 0.0800. The van der Waals surface area contributed by atoms with Gasteiger partial charge in [0, 0.05) is 10.9 Å². The van der Waals surface area contributed by atoms with Gasteiger partial charge in [-0.25, -0.2) is 14.6 Å². The molecule has 0 aliphatic carbocycles. The summed E-state index contributed by atoms with van der Waals surface area (Å²) >= 11 is 0. The molecule has 30 heavy (non-hydrogen) atoms. The molecule has 5 rings (SSSR count). The van der Waals surface area contributed by atoms with Crippen molar-refractivity contribution in [3.63, 3.8) is 0 Å². The Morgan fingerprint density at radius 2 is 1.73 bits per heavy atom. The lowest BCUT2D eigenvalue weighted by molar-refractivity contribution is 0.0520. The molecule has 0 saturated heterocycles. The maximum atomic E-state index is 12.9. The molecule has 2 heterocycles. The van der Waals surface area contributed by atoms with Gasteiger partial charge in [-0.2, -0.15) is 0 Å². The summed E-state index contributed by atoms with van der Waals surface area (Å²) in [6, 6.07) is 22.7. The fourth-order valence-corrected chi connectivity index (χ4v) is 3.74. The van der Waals surface area contributed by atoms with Gasteiger partial charge in [0.05, 0.1) is 17.5 Å². The molecule has 0 aliphatic rings. The van der Waals surface area contributed by atoms with Crippen LogP contribution in [0.15, 0.2) is 82.0 Å². The molecule has 0 N–H and O–H groups in total. The van der Waals surface area contributed by atoms with Gasteiger partial charge in [-0.1, -0.05) is 48.5 Å². The zero-order chi connectivity index (χ0) is 20.7. The van der Waals surface area contributed by atoms with Gasteiger partial charge in [0.1, 0.15) is 11.3 Å². The number of esters is 1. The van der Waals surface area contributed by atoms with Crippen molar-refractivity contribution in [2.75, 3.05) is 6.61 Å².